The predicted octanol–water partition coefficient (Wildman–Crippen LogP) is 2.34. The first-order valence-electron chi connectivity index (χ1n) is 6.42. The fourth-order valence-electron chi connectivity index (χ4n) is 2.24. The quantitative estimate of drug-likeness (QED) is 0.812. The molecule has 1 heterocycles. The Balaban J connectivity index is 0.00000144. The Morgan fingerprint density at radius 2 is 1.71 bits per heavy atom. The Kier molecular flexibility index (Phi) is 7.25. The molecule has 3 heteroatoms. The van der Waals surface area contributed by atoms with Gasteiger partial charge in [0, 0.05) is 26.2 Å². The minimum atomic E-state index is 0. The van der Waals surface area contributed by atoms with Gasteiger partial charge in [-0.15, -0.1) is 12.4 Å². The number of hydrogen-bond acceptors (Lipinski definition) is 2. The number of nitrogens with one attached hydrogen (secondary N) is 1. The Bertz CT molecular complexity index is 284. The third-order valence-electron chi connectivity index (χ3n) is 3.24. The molecule has 1 aliphatic heterocycles. The van der Waals surface area contributed by atoms with E-state index in [4.69, 9.17) is 0 Å². The molecule has 1 N–H and O–H groups in total. The Hall–Kier alpha value is -0.570. The molecule has 2 rings (SSSR count). The van der Waals surface area contributed by atoms with Crippen LogP contribution in [0.15, 0.2) is 30.3 Å². The standard InChI is InChI=1S/C14H22N2.ClH/c1-2-6-14(7-3-1)8-4-5-11-16-12-9-15-10-13-16;/h1-3,6-7,15H,4-5,8-13H2;1H. The third-order valence-corrected chi connectivity index (χ3v) is 3.24. The Morgan fingerprint density at radius 1 is 1.00 bits per heavy atom. The zero-order valence-electron chi connectivity index (χ0n) is 10.4. The van der Waals surface area contributed by atoms with Crippen LogP contribution in [0.1, 0.15) is 18.4 Å². The molecule has 17 heavy (non-hydrogen) atoms. The first-order valence-corrected chi connectivity index (χ1v) is 6.42. The first kappa shape index (κ1) is 14.5. The van der Waals surface area contributed by atoms with E-state index < -0.39 is 0 Å². The fourth-order valence-corrected chi connectivity index (χ4v) is 2.24. The number of unbranched alkanes of at least 4 members (excludes halogenated alkanes) is 1. The second-order valence-electron chi connectivity index (χ2n) is 4.53. The van der Waals surface area contributed by atoms with Crippen molar-refractivity contribution in [2.45, 2.75) is 19.3 Å². The molecule has 1 aromatic rings. The minimum Gasteiger partial charge on any atom is -0.314 e. The summed E-state index contributed by atoms with van der Waals surface area (Å²) in [7, 11) is 0. The van der Waals surface area contributed by atoms with Gasteiger partial charge in [0.05, 0.1) is 0 Å². The molecular formula is C14H23ClN2. The van der Waals surface area contributed by atoms with Crippen LogP contribution < -0.4 is 5.32 Å². The van der Waals surface area contributed by atoms with Crippen molar-refractivity contribution < 1.29 is 0 Å². The number of benzene rings is 1. The van der Waals surface area contributed by atoms with Gasteiger partial charge in [-0.2, -0.15) is 0 Å². The molecule has 0 radical (unpaired) electrons. The largest absolute Gasteiger partial charge is 0.314 e. The summed E-state index contributed by atoms with van der Waals surface area (Å²) < 4.78 is 0. The van der Waals surface area contributed by atoms with E-state index in [1.807, 2.05) is 0 Å². The van der Waals surface area contributed by atoms with E-state index >= 15 is 0 Å². The van der Waals surface area contributed by atoms with Crippen LogP contribution in [0.25, 0.3) is 0 Å². The molecule has 0 bridgehead atoms. The lowest BCUT2D eigenvalue weighted by Gasteiger charge is -2.27. The number of rotatable bonds is 5. The summed E-state index contributed by atoms with van der Waals surface area (Å²) in [6.07, 6.45) is 3.87. The molecule has 0 aliphatic carbocycles. The van der Waals surface area contributed by atoms with E-state index in [1.165, 1.54) is 57.5 Å². The van der Waals surface area contributed by atoms with Gasteiger partial charge in [0.15, 0.2) is 0 Å². The van der Waals surface area contributed by atoms with Crippen molar-refractivity contribution in [3.8, 4) is 0 Å². The van der Waals surface area contributed by atoms with Gasteiger partial charge in [-0.1, -0.05) is 30.3 Å². The SMILES string of the molecule is Cl.c1ccc(CCCCN2CCNCC2)cc1. The maximum absolute atomic E-state index is 3.39. The molecule has 2 nitrogen and oxygen atoms in total. The number of hydrogen-bond donors (Lipinski definition) is 1. The summed E-state index contributed by atoms with van der Waals surface area (Å²) in [5.41, 5.74) is 1.47. The summed E-state index contributed by atoms with van der Waals surface area (Å²) in [5, 5.41) is 3.39. The average molecular weight is 255 g/mol. The van der Waals surface area contributed by atoms with Crippen molar-refractivity contribution in [1.29, 1.82) is 0 Å². The zero-order valence-corrected chi connectivity index (χ0v) is 11.2. The van der Waals surface area contributed by atoms with Crippen LogP contribution in [0.5, 0.6) is 0 Å². The maximum atomic E-state index is 3.39. The number of piperazine rings is 1. The molecule has 1 fully saturated rings. The lowest BCUT2D eigenvalue weighted by molar-refractivity contribution is 0.237. The second kappa shape index (κ2) is 8.51. The number of nitrogens with zero attached hydrogens (tertiary/aromatic N) is 1. The highest BCUT2D eigenvalue weighted by molar-refractivity contribution is 5.85. The van der Waals surface area contributed by atoms with Crippen LogP contribution >= 0.6 is 12.4 Å². The lowest BCUT2D eigenvalue weighted by Crippen LogP contribution is -2.43. The Morgan fingerprint density at radius 3 is 2.41 bits per heavy atom. The van der Waals surface area contributed by atoms with Crippen molar-refractivity contribution in [2.24, 2.45) is 0 Å². The van der Waals surface area contributed by atoms with E-state index in [-0.39, 0.29) is 12.4 Å². The van der Waals surface area contributed by atoms with Crippen molar-refractivity contribution in [3.63, 3.8) is 0 Å². The van der Waals surface area contributed by atoms with Gasteiger partial charge in [-0.3, -0.25) is 0 Å². The highest BCUT2D eigenvalue weighted by Gasteiger charge is 2.07. The van der Waals surface area contributed by atoms with Gasteiger partial charge < -0.3 is 10.2 Å². The molecule has 0 saturated carbocycles. The topological polar surface area (TPSA) is 15.3 Å². The molecular weight excluding hydrogens is 232 g/mol. The van der Waals surface area contributed by atoms with Crippen molar-refractivity contribution in [2.75, 3.05) is 32.7 Å². The number of aryl methyl sites for hydroxylation is 1. The van der Waals surface area contributed by atoms with Crippen LogP contribution in [0.2, 0.25) is 0 Å². The smallest absolute Gasteiger partial charge is 0.0107 e. The molecule has 1 aliphatic rings. The predicted molar refractivity (Wildman–Crippen MR) is 75.9 cm³/mol. The van der Waals surface area contributed by atoms with Crippen LogP contribution in [0, 0.1) is 0 Å². The number of halogens is 1. The summed E-state index contributed by atoms with van der Waals surface area (Å²) in [5.74, 6) is 0. The zero-order chi connectivity index (χ0) is 11.1. The summed E-state index contributed by atoms with van der Waals surface area (Å²) in [6.45, 7) is 6.06. The van der Waals surface area contributed by atoms with Crippen LogP contribution in [0.3, 0.4) is 0 Å². The second-order valence-corrected chi connectivity index (χ2v) is 4.53. The van der Waals surface area contributed by atoms with Gasteiger partial charge in [-0.25, -0.2) is 0 Å². The first-order chi connectivity index (χ1) is 7.95. The molecule has 0 amide bonds. The van der Waals surface area contributed by atoms with Gasteiger partial charge in [0.1, 0.15) is 0 Å². The van der Waals surface area contributed by atoms with E-state index in [1.54, 1.807) is 0 Å². The minimum absolute atomic E-state index is 0. The third kappa shape index (κ3) is 5.53. The van der Waals surface area contributed by atoms with Crippen molar-refractivity contribution in [1.82, 2.24) is 10.2 Å². The van der Waals surface area contributed by atoms with Gasteiger partial charge in [0.25, 0.3) is 0 Å². The maximum Gasteiger partial charge on any atom is 0.0107 e. The lowest BCUT2D eigenvalue weighted by atomic mass is 10.1. The monoisotopic (exact) mass is 254 g/mol. The molecule has 96 valence electrons. The molecule has 0 spiro atoms. The van der Waals surface area contributed by atoms with Crippen LogP contribution in [-0.4, -0.2) is 37.6 Å². The molecule has 0 atom stereocenters. The average Bonchev–Trinajstić information content (AvgIpc) is 2.37. The van der Waals surface area contributed by atoms with Crippen molar-refractivity contribution in [3.05, 3.63) is 35.9 Å². The van der Waals surface area contributed by atoms with Crippen LogP contribution in [-0.2, 0) is 6.42 Å². The Labute approximate surface area is 111 Å². The molecule has 1 aromatic carbocycles. The summed E-state index contributed by atoms with van der Waals surface area (Å²) in [4.78, 5) is 2.57. The van der Waals surface area contributed by atoms with E-state index in [0.717, 1.165) is 0 Å². The van der Waals surface area contributed by atoms with Crippen LogP contribution in [0.4, 0.5) is 0 Å². The van der Waals surface area contributed by atoms with Gasteiger partial charge in [0.2, 0.25) is 0 Å². The van der Waals surface area contributed by atoms with E-state index in [2.05, 4.69) is 40.5 Å². The summed E-state index contributed by atoms with van der Waals surface area (Å²) >= 11 is 0. The highest BCUT2D eigenvalue weighted by atomic mass is 35.5. The molecule has 1 saturated heterocycles. The highest BCUT2D eigenvalue weighted by Crippen LogP contribution is 2.05. The van der Waals surface area contributed by atoms with Crippen molar-refractivity contribution >= 4 is 12.4 Å². The van der Waals surface area contributed by atoms with Gasteiger partial charge in [-0.05, 0) is 31.4 Å². The normalized spacial score (nSPS) is 16.5. The molecule has 0 unspecified atom stereocenters. The molecule has 0 aromatic heterocycles. The van der Waals surface area contributed by atoms with Gasteiger partial charge >= 0.3 is 0 Å². The van der Waals surface area contributed by atoms with E-state index in [9.17, 15) is 0 Å². The summed E-state index contributed by atoms with van der Waals surface area (Å²) in [6, 6.07) is 10.8. The van der Waals surface area contributed by atoms with E-state index in [0.29, 0.717) is 0 Å². The fraction of sp³-hybridized carbons (Fsp3) is 0.571.